The lowest BCUT2D eigenvalue weighted by atomic mass is 9.96. The maximum absolute atomic E-state index is 12.2. The van der Waals surface area contributed by atoms with Gasteiger partial charge in [-0.15, -0.1) is 36.2 Å². The molecule has 27 heavy (non-hydrogen) atoms. The van der Waals surface area contributed by atoms with Gasteiger partial charge in [-0.3, -0.25) is 9.69 Å². The summed E-state index contributed by atoms with van der Waals surface area (Å²) in [6.07, 6.45) is 2.99. The number of hydrogen-bond acceptors (Lipinski definition) is 5. The Morgan fingerprint density at radius 1 is 1.22 bits per heavy atom. The molecule has 0 radical (unpaired) electrons. The first-order chi connectivity index (χ1) is 12.2. The van der Waals surface area contributed by atoms with Gasteiger partial charge in [-0.2, -0.15) is 0 Å². The van der Waals surface area contributed by atoms with E-state index in [0.717, 1.165) is 50.4 Å². The van der Waals surface area contributed by atoms with Crippen LogP contribution in [-0.4, -0.2) is 42.0 Å². The molecule has 0 bridgehead atoms. The smallest absolute Gasteiger partial charge is 0.270 e. The normalized spacial score (nSPS) is 14.9. The van der Waals surface area contributed by atoms with Crippen LogP contribution in [0.1, 0.15) is 33.9 Å². The number of benzene rings is 1. The third kappa shape index (κ3) is 7.39. The van der Waals surface area contributed by atoms with Gasteiger partial charge < -0.3 is 11.1 Å². The number of carbonyl (C=O) groups is 1. The Kier molecular flexibility index (Phi) is 10.9. The molecule has 1 aromatic heterocycles. The van der Waals surface area contributed by atoms with Gasteiger partial charge in [-0.05, 0) is 44.0 Å². The van der Waals surface area contributed by atoms with E-state index in [0.29, 0.717) is 18.2 Å². The maximum Gasteiger partial charge on any atom is 0.270 e. The zero-order valence-electron chi connectivity index (χ0n) is 15.3. The van der Waals surface area contributed by atoms with Crippen LogP contribution in [0.4, 0.5) is 0 Å². The van der Waals surface area contributed by atoms with Crippen LogP contribution >= 0.6 is 36.2 Å². The van der Waals surface area contributed by atoms with Gasteiger partial charge in [0.2, 0.25) is 0 Å². The minimum absolute atomic E-state index is 0. The van der Waals surface area contributed by atoms with Crippen LogP contribution in [0.3, 0.4) is 0 Å². The van der Waals surface area contributed by atoms with Crippen molar-refractivity contribution in [3.8, 4) is 0 Å². The van der Waals surface area contributed by atoms with E-state index in [4.69, 9.17) is 5.73 Å². The summed E-state index contributed by atoms with van der Waals surface area (Å²) in [6, 6.07) is 10.6. The lowest BCUT2D eigenvalue weighted by Crippen LogP contribution is -2.38. The minimum Gasteiger partial charge on any atom is -0.350 e. The van der Waals surface area contributed by atoms with Crippen molar-refractivity contribution in [1.29, 1.82) is 0 Å². The molecule has 5 nitrogen and oxygen atoms in total. The van der Waals surface area contributed by atoms with E-state index in [2.05, 4.69) is 45.5 Å². The molecule has 1 fully saturated rings. The second-order valence-corrected chi connectivity index (χ2v) is 7.52. The molecule has 8 heteroatoms. The second-order valence-electron chi connectivity index (χ2n) is 6.58. The van der Waals surface area contributed by atoms with Crippen LogP contribution in [0.15, 0.2) is 35.7 Å². The Bertz CT molecular complexity index is 675. The van der Waals surface area contributed by atoms with Gasteiger partial charge in [0.05, 0.1) is 5.01 Å². The lowest BCUT2D eigenvalue weighted by molar-refractivity contribution is 0.0931. The van der Waals surface area contributed by atoms with Crippen molar-refractivity contribution in [1.82, 2.24) is 15.2 Å². The fourth-order valence-electron chi connectivity index (χ4n) is 3.17. The number of hydrogen-bond donors (Lipinski definition) is 2. The lowest BCUT2D eigenvalue weighted by Gasteiger charge is -2.32. The van der Waals surface area contributed by atoms with Crippen molar-refractivity contribution in [3.05, 3.63) is 52.0 Å². The van der Waals surface area contributed by atoms with Gasteiger partial charge in [0, 0.05) is 24.9 Å². The van der Waals surface area contributed by atoms with Crippen LogP contribution in [-0.2, 0) is 13.0 Å². The number of nitrogens with two attached hydrogens (primary N) is 1. The average molecular weight is 431 g/mol. The molecule has 1 saturated heterocycles. The fraction of sp³-hybridized carbons (Fsp3) is 0.474. The van der Waals surface area contributed by atoms with Crippen LogP contribution in [0, 0.1) is 5.92 Å². The van der Waals surface area contributed by atoms with Crippen molar-refractivity contribution in [2.24, 2.45) is 11.7 Å². The molecule has 1 amide bonds. The van der Waals surface area contributed by atoms with Crippen molar-refractivity contribution in [2.45, 2.75) is 25.8 Å². The first-order valence-electron chi connectivity index (χ1n) is 8.93. The summed E-state index contributed by atoms with van der Waals surface area (Å²) in [6.45, 7) is 4.50. The number of carbonyl (C=O) groups excluding carboxylic acids is 1. The first-order valence-corrected chi connectivity index (χ1v) is 9.81. The highest BCUT2D eigenvalue weighted by atomic mass is 35.5. The largest absolute Gasteiger partial charge is 0.350 e. The molecule has 1 aromatic carbocycles. The number of nitrogens with one attached hydrogen (secondary N) is 1. The molecule has 150 valence electrons. The molecule has 2 heterocycles. The van der Waals surface area contributed by atoms with Crippen molar-refractivity contribution in [2.75, 3.05) is 26.2 Å². The molecule has 3 rings (SSSR count). The molecule has 0 saturated carbocycles. The zero-order valence-corrected chi connectivity index (χ0v) is 17.8. The predicted molar refractivity (Wildman–Crippen MR) is 116 cm³/mol. The van der Waals surface area contributed by atoms with E-state index >= 15 is 0 Å². The fourth-order valence-corrected chi connectivity index (χ4v) is 3.97. The van der Waals surface area contributed by atoms with Gasteiger partial charge in [-0.1, -0.05) is 30.3 Å². The summed E-state index contributed by atoms with van der Waals surface area (Å²) < 4.78 is 0. The monoisotopic (exact) mass is 430 g/mol. The van der Waals surface area contributed by atoms with Gasteiger partial charge >= 0.3 is 0 Å². The highest BCUT2D eigenvalue weighted by Crippen LogP contribution is 2.18. The third-order valence-corrected chi connectivity index (χ3v) is 5.56. The van der Waals surface area contributed by atoms with Crippen LogP contribution < -0.4 is 11.1 Å². The molecular weight excluding hydrogens is 403 g/mol. The quantitative estimate of drug-likeness (QED) is 0.707. The molecule has 3 N–H and O–H groups in total. The summed E-state index contributed by atoms with van der Waals surface area (Å²) in [5, 5.41) is 5.80. The highest BCUT2D eigenvalue weighted by molar-refractivity contribution is 7.09. The topological polar surface area (TPSA) is 71.2 Å². The highest BCUT2D eigenvalue weighted by Gasteiger charge is 2.20. The van der Waals surface area contributed by atoms with Crippen LogP contribution in [0.2, 0.25) is 0 Å². The van der Waals surface area contributed by atoms with Crippen molar-refractivity contribution in [3.63, 3.8) is 0 Å². The summed E-state index contributed by atoms with van der Waals surface area (Å²) in [7, 11) is 0. The molecule has 0 aliphatic carbocycles. The Morgan fingerprint density at radius 2 is 1.93 bits per heavy atom. The summed E-state index contributed by atoms with van der Waals surface area (Å²) in [5.41, 5.74) is 7.41. The Hall–Kier alpha value is -1.18. The zero-order chi connectivity index (χ0) is 17.5. The standard InChI is InChI=1S/C19H26N4OS.2ClH/c20-9-6-18-22-17(14-25-18)19(24)21-12-15-7-10-23(11-8-15)13-16-4-2-1-3-5-16;;/h1-5,14-15H,6-13,20H2,(H,21,24);2*1H. The number of nitrogens with zero attached hydrogens (tertiary/aromatic N) is 2. The Labute approximate surface area is 177 Å². The number of rotatable bonds is 7. The number of piperidine rings is 1. The number of aromatic nitrogens is 1. The summed E-state index contributed by atoms with van der Waals surface area (Å²) >= 11 is 1.51. The summed E-state index contributed by atoms with van der Waals surface area (Å²) in [4.78, 5) is 19.0. The van der Waals surface area contributed by atoms with Crippen LogP contribution in [0.25, 0.3) is 0 Å². The third-order valence-electron chi connectivity index (χ3n) is 4.65. The number of amides is 1. The van der Waals surface area contributed by atoms with Crippen LogP contribution in [0.5, 0.6) is 0 Å². The van der Waals surface area contributed by atoms with Gasteiger partial charge in [-0.25, -0.2) is 4.98 Å². The first kappa shape index (κ1) is 23.9. The molecule has 1 aliphatic heterocycles. The van der Waals surface area contributed by atoms with E-state index in [9.17, 15) is 4.79 Å². The average Bonchev–Trinajstić information content (AvgIpc) is 3.11. The minimum atomic E-state index is -0.0637. The SMILES string of the molecule is Cl.Cl.NCCc1nc(C(=O)NCC2CCN(Cc3ccccc3)CC2)cs1. The Morgan fingerprint density at radius 3 is 2.59 bits per heavy atom. The molecule has 1 aliphatic rings. The van der Waals surface area contributed by atoms with Crippen molar-refractivity contribution >= 4 is 42.1 Å². The predicted octanol–water partition coefficient (Wildman–Crippen LogP) is 3.13. The second kappa shape index (κ2) is 12.3. The van der Waals surface area contributed by atoms with E-state index in [-0.39, 0.29) is 30.7 Å². The van der Waals surface area contributed by atoms with Crippen molar-refractivity contribution < 1.29 is 4.79 Å². The Balaban J connectivity index is 0.00000182. The summed E-state index contributed by atoms with van der Waals surface area (Å²) in [5.74, 6) is 0.490. The van der Waals surface area contributed by atoms with Gasteiger partial charge in [0.25, 0.3) is 5.91 Å². The molecule has 0 unspecified atom stereocenters. The molecule has 0 spiro atoms. The van der Waals surface area contributed by atoms with E-state index in [1.807, 2.05) is 5.38 Å². The molecule has 2 aromatic rings. The van der Waals surface area contributed by atoms with E-state index in [1.165, 1.54) is 16.9 Å². The van der Waals surface area contributed by atoms with E-state index < -0.39 is 0 Å². The molecule has 0 atom stereocenters. The van der Waals surface area contributed by atoms with Gasteiger partial charge in [0.15, 0.2) is 0 Å². The molecular formula is C19H28Cl2N4OS. The number of thiazole rings is 1. The maximum atomic E-state index is 12.2. The van der Waals surface area contributed by atoms with Gasteiger partial charge in [0.1, 0.15) is 5.69 Å². The number of likely N-dealkylation sites (tertiary alicyclic amines) is 1. The number of halogens is 2. The van der Waals surface area contributed by atoms with E-state index in [1.54, 1.807) is 0 Å².